The molecule has 3 nitrogen and oxygen atoms in total. The summed E-state index contributed by atoms with van der Waals surface area (Å²) in [7, 11) is 0. The Hall–Kier alpha value is -2.46. The summed E-state index contributed by atoms with van der Waals surface area (Å²) in [5.41, 5.74) is 5.00. The van der Waals surface area contributed by atoms with Crippen LogP contribution >= 0.6 is 11.8 Å². The Bertz CT molecular complexity index is 1110. The molecule has 3 heterocycles. The number of hydrogen-bond donors (Lipinski definition) is 0. The molecule has 5 rings (SSSR count). The van der Waals surface area contributed by atoms with Crippen molar-refractivity contribution in [3.8, 4) is 5.75 Å². The molecule has 0 saturated carbocycles. The van der Waals surface area contributed by atoms with E-state index in [1.807, 2.05) is 31.2 Å². The first-order chi connectivity index (χ1) is 12.6. The predicted octanol–water partition coefficient (Wildman–Crippen LogP) is 5.37. The molecule has 4 heteroatoms. The average Bonchev–Trinajstić information content (AvgIpc) is 3.07. The first-order valence-corrected chi connectivity index (χ1v) is 9.69. The number of allylic oxidation sites excluding steroid dienone is 1. The Morgan fingerprint density at radius 2 is 1.96 bits per heavy atom. The number of hydrogen-bond acceptors (Lipinski definition) is 4. The summed E-state index contributed by atoms with van der Waals surface area (Å²) >= 11 is 1.62. The van der Waals surface area contributed by atoms with Crippen molar-refractivity contribution in [2.75, 3.05) is 0 Å². The van der Waals surface area contributed by atoms with Crippen molar-refractivity contribution in [1.82, 2.24) is 0 Å². The molecule has 0 saturated heterocycles. The molecule has 2 atom stereocenters. The quantitative estimate of drug-likeness (QED) is 0.546. The van der Waals surface area contributed by atoms with Crippen molar-refractivity contribution in [3.05, 3.63) is 75.7 Å². The smallest absolute Gasteiger partial charge is 0.350 e. The summed E-state index contributed by atoms with van der Waals surface area (Å²) in [6, 6.07) is 14.3. The third-order valence-corrected chi connectivity index (χ3v) is 6.48. The van der Waals surface area contributed by atoms with Crippen LogP contribution in [0.25, 0.3) is 16.5 Å². The molecule has 2 unspecified atom stereocenters. The highest BCUT2D eigenvalue weighted by Crippen LogP contribution is 2.48. The van der Waals surface area contributed by atoms with Gasteiger partial charge in [-0.25, -0.2) is 4.79 Å². The molecule has 2 aliphatic heterocycles. The summed E-state index contributed by atoms with van der Waals surface area (Å²) in [5.74, 6) is 0.790. The van der Waals surface area contributed by atoms with E-state index in [1.165, 1.54) is 11.1 Å². The Labute approximate surface area is 155 Å². The summed E-state index contributed by atoms with van der Waals surface area (Å²) in [5, 5.41) is 1.28. The third-order valence-electron chi connectivity index (χ3n) is 5.11. The third kappa shape index (κ3) is 2.40. The highest BCUT2D eigenvalue weighted by atomic mass is 32.2. The maximum atomic E-state index is 12.6. The molecule has 0 amide bonds. The van der Waals surface area contributed by atoms with E-state index in [2.05, 4.69) is 31.2 Å². The first-order valence-electron chi connectivity index (χ1n) is 8.81. The Morgan fingerprint density at radius 1 is 1.15 bits per heavy atom. The SMILES string of the molecule is CC1=CC(C)Oc2cc3oc(=O)c4c(c3cc21)CC(c1ccccc1)S4. The number of fused-ring (bicyclic) bond motifs is 4. The predicted molar refractivity (Wildman–Crippen MR) is 105 cm³/mol. The lowest BCUT2D eigenvalue weighted by molar-refractivity contribution is 0.265. The van der Waals surface area contributed by atoms with Crippen LogP contribution in [0.3, 0.4) is 0 Å². The Kier molecular flexibility index (Phi) is 3.50. The molecule has 0 bridgehead atoms. The van der Waals surface area contributed by atoms with Crippen LogP contribution in [0.5, 0.6) is 5.75 Å². The van der Waals surface area contributed by atoms with Gasteiger partial charge in [0.2, 0.25) is 0 Å². The van der Waals surface area contributed by atoms with Crippen LogP contribution < -0.4 is 10.4 Å². The van der Waals surface area contributed by atoms with E-state index in [0.29, 0.717) is 5.58 Å². The zero-order valence-electron chi connectivity index (χ0n) is 14.6. The molecule has 3 aromatic rings. The van der Waals surface area contributed by atoms with Gasteiger partial charge < -0.3 is 9.15 Å². The van der Waals surface area contributed by atoms with E-state index in [9.17, 15) is 4.79 Å². The molecule has 0 aliphatic carbocycles. The van der Waals surface area contributed by atoms with Gasteiger partial charge in [-0.15, -0.1) is 11.8 Å². The van der Waals surface area contributed by atoms with E-state index in [4.69, 9.17) is 9.15 Å². The number of thioether (sulfide) groups is 1. The number of ether oxygens (including phenoxy) is 1. The van der Waals surface area contributed by atoms with Gasteiger partial charge in [0, 0.05) is 22.3 Å². The average molecular weight is 362 g/mol. The standard InChI is InChI=1S/C22H18O3S/c1-12-8-13(2)24-18-11-19-16(9-15(12)18)17-10-20(14-6-4-3-5-7-14)26-21(17)22(23)25-19/h3-9,11,13,20H,10H2,1-2H3. The molecule has 2 aromatic carbocycles. The van der Waals surface area contributed by atoms with Crippen molar-refractivity contribution in [1.29, 1.82) is 0 Å². The fourth-order valence-electron chi connectivity index (χ4n) is 3.90. The molecular formula is C22H18O3S. The van der Waals surface area contributed by atoms with Crippen LogP contribution in [0.1, 0.15) is 35.8 Å². The van der Waals surface area contributed by atoms with E-state index < -0.39 is 0 Å². The summed E-state index contributed by atoms with van der Waals surface area (Å²) in [6.07, 6.45) is 2.99. The van der Waals surface area contributed by atoms with Crippen molar-refractivity contribution in [3.63, 3.8) is 0 Å². The lowest BCUT2D eigenvalue weighted by Crippen LogP contribution is -2.14. The van der Waals surface area contributed by atoms with Crippen LogP contribution in [0.2, 0.25) is 0 Å². The second kappa shape index (κ2) is 5.78. The van der Waals surface area contributed by atoms with Gasteiger partial charge >= 0.3 is 5.63 Å². The minimum atomic E-state index is -0.244. The molecule has 130 valence electrons. The van der Waals surface area contributed by atoms with Crippen molar-refractivity contribution >= 4 is 28.3 Å². The van der Waals surface area contributed by atoms with Crippen LogP contribution in [0.4, 0.5) is 0 Å². The van der Waals surface area contributed by atoms with Gasteiger partial charge in [0.05, 0.1) is 4.90 Å². The van der Waals surface area contributed by atoms with Crippen LogP contribution in [0, 0.1) is 0 Å². The lowest BCUT2D eigenvalue weighted by Gasteiger charge is -2.22. The minimum absolute atomic E-state index is 0.0270. The first kappa shape index (κ1) is 15.8. The zero-order valence-corrected chi connectivity index (χ0v) is 15.4. The van der Waals surface area contributed by atoms with Crippen LogP contribution in [-0.2, 0) is 6.42 Å². The van der Waals surface area contributed by atoms with E-state index in [0.717, 1.165) is 33.6 Å². The van der Waals surface area contributed by atoms with Gasteiger partial charge in [-0.2, -0.15) is 0 Å². The molecule has 0 N–H and O–H groups in total. The van der Waals surface area contributed by atoms with Gasteiger partial charge in [0.15, 0.2) is 0 Å². The van der Waals surface area contributed by atoms with Gasteiger partial charge in [-0.05, 0) is 49.1 Å². The van der Waals surface area contributed by atoms with Crippen molar-refractivity contribution in [2.45, 2.75) is 36.5 Å². The summed E-state index contributed by atoms with van der Waals surface area (Å²) in [4.78, 5) is 13.3. The van der Waals surface area contributed by atoms with Gasteiger partial charge in [-0.3, -0.25) is 0 Å². The second-order valence-electron chi connectivity index (χ2n) is 6.94. The van der Waals surface area contributed by atoms with Crippen LogP contribution in [-0.4, -0.2) is 6.10 Å². The summed E-state index contributed by atoms with van der Waals surface area (Å²) in [6.45, 7) is 4.11. The van der Waals surface area contributed by atoms with Crippen LogP contribution in [0.15, 0.2) is 62.6 Å². The van der Waals surface area contributed by atoms with Crippen molar-refractivity contribution < 1.29 is 9.15 Å². The topological polar surface area (TPSA) is 39.4 Å². The largest absolute Gasteiger partial charge is 0.486 e. The van der Waals surface area contributed by atoms with E-state index in [1.54, 1.807) is 11.8 Å². The second-order valence-corrected chi connectivity index (χ2v) is 8.15. The maximum Gasteiger partial charge on any atom is 0.350 e. The van der Waals surface area contributed by atoms with Gasteiger partial charge in [0.25, 0.3) is 0 Å². The lowest BCUT2D eigenvalue weighted by atomic mass is 9.96. The zero-order chi connectivity index (χ0) is 17.8. The Morgan fingerprint density at radius 3 is 2.77 bits per heavy atom. The molecule has 2 aliphatic rings. The summed E-state index contributed by atoms with van der Waals surface area (Å²) < 4.78 is 11.6. The van der Waals surface area contributed by atoms with Gasteiger partial charge in [-0.1, -0.05) is 30.3 Å². The number of rotatable bonds is 1. The Balaban J connectivity index is 1.68. The monoisotopic (exact) mass is 362 g/mol. The fourth-order valence-corrected chi connectivity index (χ4v) is 5.20. The fraction of sp³-hybridized carbons (Fsp3) is 0.227. The highest BCUT2D eigenvalue weighted by Gasteiger charge is 2.30. The maximum absolute atomic E-state index is 12.6. The molecule has 26 heavy (non-hydrogen) atoms. The molecule has 1 aromatic heterocycles. The van der Waals surface area contributed by atoms with E-state index in [-0.39, 0.29) is 17.0 Å². The molecule has 0 radical (unpaired) electrons. The van der Waals surface area contributed by atoms with E-state index >= 15 is 0 Å². The minimum Gasteiger partial charge on any atom is -0.486 e. The van der Waals surface area contributed by atoms with Gasteiger partial charge in [0.1, 0.15) is 17.4 Å². The normalized spacial score (nSPS) is 21.1. The molecular weight excluding hydrogens is 344 g/mol. The van der Waals surface area contributed by atoms with Crippen molar-refractivity contribution in [2.24, 2.45) is 0 Å². The number of benzene rings is 2. The molecule has 0 fully saturated rings. The molecule has 0 spiro atoms. The highest BCUT2D eigenvalue weighted by molar-refractivity contribution is 7.99.